The number of nitrogens with zero attached hydrogens (tertiary/aromatic N) is 2. The van der Waals surface area contributed by atoms with Crippen LogP contribution in [0.5, 0.6) is 0 Å². The molecule has 0 amide bonds. The number of allylic oxidation sites excluding steroid dienone is 11. The SMILES string of the molecule is C1=CC(c2ccccc2)=CC=1n1c2ccccc2c2cc(-c3ccc4c(c3)c3cc(C5=CCCC=C5)ccc3n4C3=CC=CCC3)ccc21. The molecule has 2 nitrogen and oxygen atoms in total. The fourth-order valence-corrected chi connectivity index (χ4v) is 8.02. The van der Waals surface area contributed by atoms with Crippen molar-refractivity contribution >= 4 is 66.2 Å². The zero-order valence-electron chi connectivity index (χ0n) is 27.2. The lowest BCUT2D eigenvalue weighted by Crippen LogP contribution is -1.98. The molecule has 232 valence electrons. The van der Waals surface area contributed by atoms with E-state index in [2.05, 4.69) is 173 Å². The minimum Gasteiger partial charge on any atom is -0.313 e. The summed E-state index contributed by atoms with van der Waals surface area (Å²) in [5.41, 5.74) is 18.4. The number of benzene rings is 5. The second-order valence-electron chi connectivity index (χ2n) is 13.3. The highest BCUT2D eigenvalue weighted by Crippen LogP contribution is 2.40. The van der Waals surface area contributed by atoms with Crippen LogP contribution < -0.4 is 0 Å². The Morgan fingerprint density at radius 2 is 1.18 bits per heavy atom. The summed E-state index contributed by atoms with van der Waals surface area (Å²) in [5, 5.41) is 5.11. The van der Waals surface area contributed by atoms with Crippen LogP contribution in [0.4, 0.5) is 0 Å². The molecule has 7 aromatic rings. The standard InChI is InChI=1S/C47H34N2/c1-4-12-32(13-5-1)34-20-24-39(28-34)49-44-19-11-10-18-40(44)41-30-36(22-26-45(41)49)37-23-27-47-43(31-37)42-29-35(33-14-6-2-7-15-33)21-25-46(42)48(47)38-16-8-3-9-17-38/h1,3-6,8,10-16,18-23,25-31H,2,7,9,17H2. The van der Waals surface area contributed by atoms with Crippen LogP contribution in [0.2, 0.25) is 0 Å². The van der Waals surface area contributed by atoms with Gasteiger partial charge in [-0.25, -0.2) is 0 Å². The molecule has 2 aromatic heterocycles. The molecule has 0 aliphatic heterocycles. The van der Waals surface area contributed by atoms with Crippen molar-refractivity contribution in [1.29, 1.82) is 0 Å². The van der Waals surface area contributed by atoms with E-state index in [0.717, 1.165) is 31.4 Å². The summed E-state index contributed by atoms with van der Waals surface area (Å²) in [6.07, 6.45) is 22.4. The molecule has 0 fully saturated rings. The van der Waals surface area contributed by atoms with E-state index in [9.17, 15) is 0 Å². The predicted molar refractivity (Wildman–Crippen MR) is 209 cm³/mol. The highest BCUT2D eigenvalue weighted by molar-refractivity contribution is 6.14. The maximum atomic E-state index is 3.58. The van der Waals surface area contributed by atoms with Crippen LogP contribution in [0.15, 0.2) is 164 Å². The number of para-hydroxylation sites is 1. The zero-order valence-corrected chi connectivity index (χ0v) is 27.2. The normalized spacial score (nSPS) is 15.8. The molecule has 2 heterocycles. The van der Waals surface area contributed by atoms with Crippen molar-refractivity contribution in [1.82, 2.24) is 9.13 Å². The average Bonchev–Trinajstić information content (AvgIpc) is 3.88. The summed E-state index contributed by atoms with van der Waals surface area (Å²) < 4.78 is 4.85. The fourth-order valence-electron chi connectivity index (χ4n) is 8.02. The molecule has 0 radical (unpaired) electrons. The summed E-state index contributed by atoms with van der Waals surface area (Å²) in [6.45, 7) is 0. The Hall–Kier alpha value is -6.08. The van der Waals surface area contributed by atoms with Gasteiger partial charge in [0.15, 0.2) is 0 Å². The van der Waals surface area contributed by atoms with Gasteiger partial charge in [0.1, 0.15) is 0 Å². The van der Waals surface area contributed by atoms with Gasteiger partial charge in [-0.1, -0.05) is 103 Å². The first kappa shape index (κ1) is 28.0. The Morgan fingerprint density at radius 3 is 1.92 bits per heavy atom. The van der Waals surface area contributed by atoms with E-state index in [1.165, 1.54) is 82.7 Å². The molecule has 0 saturated heterocycles. The van der Waals surface area contributed by atoms with Crippen molar-refractivity contribution in [2.45, 2.75) is 25.7 Å². The molecule has 5 aromatic carbocycles. The molecule has 3 aliphatic carbocycles. The van der Waals surface area contributed by atoms with Gasteiger partial charge >= 0.3 is 0 Å². The first-order valence-corrected chi connectivity index (χ1v) is 17.4. The predicted octanol–water partition coefficient (Wildman–Crippen LogP) is 12.6. The Morgan fingerprint density at radius 1 is 0.510 bits per heavy atom. The summed E-state index contributed by atoms with van der Waals surface area (Å²) in [4.78, 5) is 0. The monoisotopic (exact) mass is 626 g/mol. The second kappa shape index (κ2) is 11.3. The second-order valence-corrected chi connectivity index (χ2v) is 13.3. The van der Waals surface area contributed by atoms with Crippen molar-refractivity contribution in [2.24, 2.45) is 0 Å². The smallest absolute Gasteiger partial charge is 0.0897 e. The molecular formula is C47H34N2. The summed E-state index contributed by atoms with van der Waals surface area (Å²) >= 11 is 0. The van der Waals surface area contributed by atoms with Gasteiger partial charge in [0.25, 0.3) is 0 Å². The average molecular weight is 627 g/mol. The summed E-state index contributed by atoms with van der Waals surface area (Å²) in [5.74, 6) is 0. The minimum atomic E-state index is 1.04. The lowest BCUT2D eigenvalue weighted by molar-refractivity contribution is 0.979. The van der Waals surface area contributed by atoms with Crippen LogP contribution in [0.3, 0.4) is 0 Å². The van der Waals surface area contributed by atoms with E-state index in [4.69, 9.17) is 0 Å². The number of fused-ring (bicyclic) bond motifs is 6. The summed E-state index contributed by atoms with van der Waals surface area (Å²) in [7, 11) is 0. The molecule has 0 atom stereocenters. The Bertz CT molecular complexity index is 2730. The van der Waals surface area contributed by atoms with Gasteiger partial charge < -0.3 is 9.13 Å². The van der Waals surface area contributed by atoms with E-state index in [0.29, 0.717) is 0 Å². The molecule has 0 bridgehead atoms. The third-order valence-electron chi connectivity index (χ3n) is 10.4. The van der Waals surface area contributed by atoms with Crippen molar-refractivity contribution in [3.8, 4) is 11.1 Å². The third-order valence-corrected chi connectivity index (χ3v) is 10.4. The quantitative estimate of drug-likeness (QED) is 0.168. The molecule has 0 saturated carbocycles. The minimum absolute atomic E-state index is 1.04. The maximum Gasteiger partial charge on any atom is 0.0897 e. The van der Waals surface area contributed by atoms with Gasteiger partial charge in [-0.2, -0.15) is 0 Å². The van der Waals surface area contributed by atoms with Gasteiger partial charge in [0, 0.05) is 27.2 Å². The Balaban J connectivity index is 1.14. The molecule has 0 unspecified atom stereocenters. The maximum absolute atomic E-state index is 3.58. The highest BCUT2D eigenvalue weighted by atomic mass is 15.0. The van der Waals surface area contributed by atoms with Gasteiger partial charge in [0.2, 0.25) is 0 Å². The number of aromatic nitrogens is 2. The van der Waals surface area contributed by atoms with Crippen molar-refractivity contribution in [3.63, 3.8) is 0 Å². The molecular weight excluding hydrogens is 593 g/mol. The molecule has 49 heavy (non-hydrogen) atoms. The molecule has 0 N–H and O–H groups in total. The highest BCUT2D eigenvalue weighted by Gasteiger charge is 2.19. The Kier molecular flexibility index (Phi) is 6.44. The van der Waals surface area contributed by atoms with E-state index in [1.807, 2.05) is 0 Å². The Labute approximate surface area is 285 Å². The van der Waals surface area contributed by atoms with Crippen molar-refractivity contribution in [2.75, 3.05) is 0 Å². The lowest BCUT2D eigenvalue weighted by atomic mass is 9.97. The van der Waals surface area contributed by atoms with Crippen LogP contribution in [0, 0.1) is 0 Å². The first-order chi connectivity index (χ1) is 24.3. The van der Waals surface area contributed by atoms with E-state index in [-0.39, 0.29) is 0 Å². The fraction of sp³-hybridized carbons (Fsp3) is 0.0851. The van der Waals surface area contributed by atoms with Crippen LogP contribution in [0.25, 0.3) is 77.3 Å². The van der Waals surface area contributed by atoms with Crippen LogP contribution in [-0.4, -0.2) is 9.13 Å². The zero-order chi connectivity index (χ0) is 32.3. The number of hydrogen-bond donors (Lipinski definition) is 0. The van der Waals surface area contributed by atoms with Crippen molar-refractivity contribution in [3.05, 3.63) is 175 Å². The van der Waals surface area contributed by atoms with Gasteiger partial charge in [-0.05, 0) is 120 Å². The molecule has 2 heteroatoms. The molecule has 0 spiro atoms. The van der Waals surface area contributed by atoms with E-state index >= 15 is 0 Å². The van der Waals surface area contributed by atoms with Crippen molar-refractivity contribution < 1.29 is 0 Å². The molecule has 3 aliphatic rings. The van der Waals surface area contributed by atoms with E-state index < -0.39 is 0 Å². The van der Waals surface area contributed by atoms with Gasteiger partial charge in [-0.15, -0.1) is 0 Å². The number of hydrogen-bond acceptors (Lipinski definition) is 0. The van der Waals surface area contributed by atoms with Crippen LogP contribution in [-0.2, 0) is 0 Å². The number of rotatable bonds is 5. The third kappa shape index (κ3) is 4.57. The van der Waals surface area contributed by atoms with Crippen LogP contribution in [0.1, 0.15) is 36.8 Å². The van der Waals surface area contributed by atoms with E-state index in [1.54, 1.807) is 0 Å². The topological polar surface area (TPSA) is 9.86 Å². The first-order valence-electron chi connectivity index (χ1n) is 17.4. The van der Waals surface area contributed by atoms with Gasteiger partial charge in [0.05, 0.1) is 27.8 Å². The lowest BCUT2D eigenvalue weighted by Gasteiger charge is -2.14. The summed E-state index contributed by atoms with van der Waals surface area (Å²) in [6, 6.07) is 40.4. The largest absolute Gasteiger partial charge is 0.313 e. The van der Waals surface area contributed by atoms with Crippen LogP contribution >= 0.6 is 0 Å². The molecule has 10 rings (SSSR count). The van der Waals surface area contributed by atoms with Gasteiger partial charge in [-0.3, -0.25) is 0 Å².